The Labute approximate surface area is 215 Å². The van der Waals surface area contributed by atoms with Crippen molar-refractivity contribution >= 4 is 24.1 Å². The Morgan fingerprint density at radius 1 is 1.24 bits per heavy atom. The molecule has 3 heterocycles. The normalized spacial score (nSPS) is 24.0. The Hall–Kier alpha value is -3.94. The molecule has 3 fully saturated rings. The zero-order valence-electron chi connectivity index (χ0n) is 20.1. The van der Waals surface area contributed by atoms with Crippen LogP contribution in [0.15, 0.2) is 18.2 Å². The van der Waals surface area contributed by atoms with Crippen LogP contribution in [-0.2, 0) is 14.3 Å². The summed E-state index contributed by atoms with van der Waals surface area (Å²) >= 11 is 0. The number of anilines is 1. The third kappa shape index (κ3) is 5.49. The number of halogens is 2. The maximum atomic E-state index is 12.5. The highest BCUT2D eigenvalue weighted by Gasteiger charge is 2.47. The molecule has 0 radical (unpaired) electrons. The fourth-order valence-electron chi connectivity index (χ4n) is 5.10. The molecule has 12 nitrogen and oxygen atoms in total. The average Bonchev–Trinajstić information content (AvgIpc) is 3.52. The number of benzene rings is 1. The number of nitrogens with zero attached hydrogens (tertiary/aromatic N) is 2. The monoisotopic (exact) mass is 536 g/mol. The number of H-pyrrole nitrogens is 1. The van der Waals surface area contributed by atoms with Gasteiger partial charge in [-0.05, 0) is 25.7 Å². The van der Waals surface area contributed by atoms with Crippen LogP contribution in [0.1, 0.15) is 47.7 Å². The van der Waals surface area contributed by atoms with Crippen LogP contribution in [0.5, 0.6) is 17.2 Å². The number of aromatic hydroxyl groups is 1. The van der Waals surface area contributed by atoms with Crippen molar-refractivity contribution in [1.82, 2.24) is 15.1 Å². The average molecular weight is 536 g/mol. The molecule has 38 heavy (non-hydrogen) atoms. The first-order chi connectivity index (χ1) is 18.3. The summed E-state index contributed by atoms with van der Waals surface area (Å²) in [7, 11) is 0. The lowest BCUT2D eigenvalue weighted by Gasteiger charge is -2.51. The van der Waals surface area contributed by atoms with E-state index in [4.69, 9.17) is 14.2 Å². The van der Waals surface area contributed by atoms with E-state index in [0.717, 1.165) is 30.7 Å². The molecule has 0 spiro atoms. The molecular weight excluding hydrogens is 510 g/mol. The molecule has 2 unspecified atom stereocenters. The van der Waals surface area contributed by atoms with Gasteiger partial charge in [0.1, 0.15) is 23.4 Å². The van der Waals surface area contributed by atoms with Gasteiger partial charge < -0.3 is 29.4 Å². The number of aromatic amines is 1. The predicted molar refractivity (Wildman–Crippen MR) is 125 cm³/mol. The maximum absolute atomic E-state index is 12.5. The molecule has 1 aliphatic carbocycles. The lowest BCUT2D eigenvalue weighted by Crippen LogP contribution is -2.65. The van der Waals surface area contributed by atoms with Crippen LogP contribution in [0, 0.1) is 0 Å². The molecule has 5 rings (SSSR count). The van der Waals surface area contributed by atoms with Gasteiger partial charge in [0.2, 0.25) is 0 Å². The van der Waals surface area contributed by atoms with Crippen molar-refractivity contribution in [3.8, 4) is 17.2 Å². The van der Waals surface area contributed by atoms with Gasteiger partial charge in [-0.25, -0.2) is 4.79 Å². The number of aldehydes is 1. The van der Waals surface area contributed by atoms with Crippen LogP contribution in [0.3, 0.4) is 0 Å². The highest BCUT2D eigenvalue weighted by molar-refractivity contribution is 5.91. The second-order valence-electron chi connectivity index (χ2n) is 9.40. The number of carbonyl (C=O) groups is 3. The molecule has 2 saturated heterocycles. The van der Waals surface area contributed by atoms with E-state index < -0.39 is 30.6 Å². The van der Waals surface area contributed by atoms with Gasteiger partial charge in [0, 0.05) is 29.8 Å². The Balaban J connectivity index is 1.11. The molecule has 1 aromatic carbocycles. The Kier molecular flexibility index (Phi) is 7.31. The number of aromatic nitrogens is 2. The zero-order valence-corrected chi connectivity index (χ0v) is 20.1. The van der Waals surface area contributed by atoms with Crippen LogP contribution in [0.25, 0.3) is 0 Å². The predicted octanol–water partition coefficient (Wildman–Crippen LogP) is 2.79. The number of phenolic OH excluding ortho intramolecular Hbond substituents is 1. The number of fused-ring (bicyclic) bond motifs is 2. The minimum absolute atomic E-state index is 0.0668. The summed E-state index contributed by atoms with van der Waals surface area (Å²) in [5.41, 5.74) is 0.461. The number of carbonyl (C=O) groups excluding carboxylic acids is 3. The van der Waals surface area contributed by atoms with Crippen molar-refractivity contribution in [2.75, 3.05) is 25.1 Å². The van der Waals surface area contributed by atoms with Gasteiger partial charge in [-0.15, -0.1) is 0 Å². The smallest absolute Gasteiger partial charge is 0.410 e. The number of ether oxygens (including phenoxy) is 4. The zero-order chi connectivity index (χ0) is 26.8. The van der Waals surface area contributed by atoms with E-state index in [1.807, 2.05) is 0 Å². The number of hydrogen-bond acceptors (Lipinski definition) is 9. The fourth-order valence-corrected chi connectivity index (χ4v) is 5.10. The number of nitrogens with one attached hydrogen (secondary N) is 2. The first-order valence-corrected chi connectivity index (χ1v) is 12.1. The molecule has 3 N–H and O–H groups in total. The third-order valence-electron chi connectivity index (χ3n) is 6.91. The van der Waals surface area contributed by atoms with E-state index in [9.17, 15) is 28.3 Å². The molecule has 2 aliphatic heterocycles. The quantitative estimate of drug-likeness (QED) is 0.411. The van der Waals surface area contributed by atoms with Gasteiger partial charge in [-0.2, -0.15) is 13.9 Å². The summed E-state index contributed by atoms with van der Waals surface area (Å²) in [6.07, 6.45) is 2.83. The number of hydrogen-bond donors (Lipinski definition) is 3. The maximum Gasteiger partial charge on any atom is 0.410 e. The topological polar surface area (TPSA) is 152 Å². The lowest BCUT2D eigenvalue weighted by molar-refractivity contribution is -0.118. The lowest BCUT2D eigenvalue weighted by atomic mass is 9.92. The number of morpholine rings is 1. The number of rotatable bonds is 9. The van der Waals surface area contributed by atoms with Crippen molar-refractivity contribution in [2.24, 2.45) is 0 Å². The van der Waals surface area contributed by atoms with Gasteiger partial charge in [0.05, 0.1) is 30.9 Å². The van der Waals surface area contributed by atoms with Crippen molar-refractivity contribution in [2.45, 2.75) is 56.4 Å². The van der Waals surface area contributed by atoms with E-state index in [1.54, 1.807) is 11.0 Å². The highest BCUT2D eigenvalue weighted by atomic mass is 19.3. The number of amides is 2. The second kappa shape index (κ2) is 10.8. The summed E-state index contributed by atoms with van der Waals surface area (Å²) in [4.78, 5) is 37.9. The van der Waals surface area contributed by atoms with Crippen LogP contribution < -0.4 is 14.8 Å². The Morgan fingerprint density at radius 3 is 2.74 bits per heavy atom. The van der Waals surface area contributed by atoms with E-state index in [2.05, 4.69) is 20.3 Å². The Morgan fingerprint density at radius 2 is 2.03 bits per heavy atom. The molecule has 4 atom stereocenters. The molecule has 1 saturated carbocycles. The van der Waals surface area contributed by atoms with E-state index in [-0.39, 0.29) is 53.6 Å². The van der Waals surface area contributed by atoms with Gasteiger partial charge in [-0.3, -0.25) is 19.6 Å². The number of phenols is 1. The van der Waals surface area contributed by atoms with Crippen LogP contribution >= 0.6 is 0 Å². The molecule has 3 aliphatic rings. The van der Waals surface area contributed by atoms with Gasteiger partial charge in [0.15, 0.2) is 18.7 Å². The SMILES string of the molecule is O=Cc1c(O)cc(OC(F)F)cc1OCC(=O)Nc1cc([C@H]2CC[C@@H](OC(=O)N3C4COCC3C4)C2)[nH]n1. The molecule has 2 bridgehead atoms. The third-order valence-corrected chi connectivity index (χ3v) is 6.91. The Bertz CT molecular complexity index is 1190. The first kappa shape index (κ1) is 25.7. The van der Waals surface area contributed by atoms with Gasteiger partial charge >= 0.3 is 12.7 Å². The van der Waals surface area contributed by atoms with Gasteiger partial charge in [0.25, 0.3) is 5.91 Å². The summed E-state index contributed by atoms with van der Waals surface area (Å²) in [5.74, 6) is -1.70. The largest absolute Gasteiger partial charge is 0.507 e. The van der Waals surface area contributed by atoms with E-state index in [1.165, 1.54) is 0 Å². The molecule has 204 valence electrons. The minimum Gasteiger partial charge on any atom is -0.507 e. The molecule has 2 aromatic rings. The van der Waals surface area contributed by atoms with Crippen molar-refractivity contribution in [1.29, 1.82) is 0 Å². The number of alkyl halides is 2. The summed E-state index contributed by atoms with van der Waals surface area (Å²) in [6.45, 7) is -2.65. The van der Waals surface area contributed by atoms with E-state index >= 15 is 0 Å². The van der Waals surface area contributed by atoms with Crippen LogP contribution in [0.4, 0.5) is 19.4 Å². The highest BCUT2D eigenvalue weighted by Crippen LogP contribution is 2.38. The van der Waals surface area contributed by atoms with Crippen molar-refractivity contribution < 1.29 is 47.2 Å². The summed E-state index contributed by atoms with van der Waals surface area (Å²) in [6, 6.07) is 3.69. The standard InChI is InChI=1S/C24H26F2N4O8/c25-23(26)37-16-5-19(32)17(8-31)20(6-16)36-11-22(33)27-21-7-18(28-29-21)12-1-2-15(3-12)38-24(34)30-13-4-14(30)10-35-9-13/h5-8,12-15,23,32H,1-4,9-11H2,(H2,27,28,29,33)/t12-,13?,14?,15+/m0/s1. The summed E-state index contributed by atoms with van der Waals surface area (Å²) < 4.78 is 45.6. The summed E-state index contributed by atoms with van der Waals surface area (Å²) in [5, 5.41) is 19.4. The van der Waals surface area contributed by atoms with Gasteiger partial charge in [-0.1, -0.05) is 0 Å². The molecule has 14 heteroatoms. The van der Waals surface area contributed by atoms with E-state index in [0.29, 0.717) is 26.1 Å². The first-order valence-electron chi connectivity index (χ1n) is 12.1. The minimum atomic E-state index is -3.15. The fraction of sp³-hybridized carbons (Fsp3) is 0.500. The molecular formula is C24H26F2N4O8. The molecule has 1 aromatic heterocycles. The molecule has 2 amide bonds. The van der Waals surface area contributed by atoms with Crippen molar-refractivity contribution in [3.63, 3.8) is 0 Å². The van der Waals surface area contributed by atoms with Crippen LogP contribution in [0.2, 0.25) is 0 Å². The second-order valence-corrected chi connectivity index (χ2v) is 9.40. The van der Waals surface area contributed by atoms with Crippen molar-refractivity contribution in [3.05, 3.63) is 29.5 Å². The van der Waals surface area contributed by atoms with Crippen LogP contribution in [-0.4, -0.2) is 83.1 Å².